The molecule has 0 aliphatic heterocycles. The monoisotopic (exact) mass is 230 g/mol. The molecule has 15 heavy (non-hydrogen) atoms. The maximum Gasteiger partial charge on any atom is 0.123 e. The molecule has 1 nitrogen and oxygen atoms in total. The number of benzene rings is 1. The highest BCUT2D eigenvalue weighted by Crippen LogP contribution is 2.24. The zero-order chi connectivity index (χ0) is 11.8. The second kappa shape index (κ2) is 7.71. The van der Waals surface area contributed by atoms with Crippen LogP contribution in [0.15, 0.2) is 18.2 Å². The van der Waals surface area contributed by atoms with Gasteiger partial charge in [0.2, 0.25) is 0 Å². The highest BCUT2D eigenvalue weighted by Gasteiger charge is 2.09. The van der Waals surface area contributed by atoms with Gasteiger partial charge < -0.3 is 4.18 Å². The molecule has 0 saturated heterocycles. The zero-order valence-corrected chi connectivity index (χ0v) is 10.8. The molecule has 0 fully saturated rings. The fourth-order valence-electron chi connectivity index (χ4n) is 1.25. The Morgan fingerprint density at radius 3 is 2.47 bits per heavy atom. The summed E-state index contributed by atoms with van der Waals surface area (Å²) in [6, 6.07) is 4.76. The van der Waals surface area contributed by atoms with Crippen LogP contribution in [0.25, 0.3) is 0 Å². The molecule has 0 saturated carbocycles. The second-order valence-corrected chi connectivity index (χ2v) is 3.43. The number of aryl methyl sites for hydroxylation is 1. The highest BCUT2D eigenvalue weighted by atomic mass is 32.2. The van der Waals surface area contributed by atoms with Gasteiger partial charge in [-0.1, -0.05) is 19.9 Å². The quantitative estimate of drug-likeness (QED) is 0.706. The van der Waals surface area contributed by atoms with E-state index >= 15 is 0 Å². The van der Waals surface area contributed by atoms with Crippen LogP contribution in [0.4, 0.5) is 4.39 Å². The molecule has 0 radical (unpaired) electrons. The molecule has 0 amide bonds. The summed E-state index contributed by atoms with van der Waals surface area (Å²) in [6.45, 7) is 7.87. The van der Waals surface area contributed by atoms with Gasteiger partial charge >= 0.3 is 0 Å². The third kappa shape index (κ3) is 4.67. The van der Waals surface area contributed by atoms with Gasteiger partial charge in [-0.15, -0.1) is 0 Å². The van der Waals surface area contributed by atoms with Crippen molar-refractivity contribution in [1.82, 2.24) is 0 Å². The molecule has 0 aliphatic rings. The SMILES string of the molecule is CC.CSOC(C)c1cc(F)ccc1C. The van der Waals surface area contributed by atoms with E-state index in [-0.39, 0.29) is 11.9 Å². The third-order valence-electron chi connectivity index (χ3n) is 1.92. The van der Waals surface area contributed by atoms with E-state index in [0.717, 1.165) is 11.1 Å². The van der Waals surface area contributed by atoms with Crippen LogP contribution >= 0.6 is 12.0 Å². The van der Waals surface area contributed by atoms with Crippen LogP contribution in [0, 0.1) is 12.7 Å². The Morgan fingerprint density at radius 2 is 1.93 bits per heavy atom. The van der Waals surface area contributed by atoms with Gasteiger partial charge in [0.05, 0.1) is 6.10 Å². The van der Waals surface area contributed by atoms with E-state index in [2.05, 4.69) is 0 Å². The summed E-state index contributed by atoms with van der Waals surface area (Å²) >= 11 is 1.30. The topological polar surface area (TPSA) is 9.23 Å². The first kappa shape index (κ1) is 14.5. The molecule has 1 atom stereocenters. The van der Waals surface area contributed by atoms with Crippen LogP contribution in [-0.2, 0) is 4.18 Å². The molecule has 0 heterocycles. The van der Waals surface area contributed by atoms with Crippen molar-refractivity contribution in [1.29, 1.82) is 0 Å². The van der Waals surface area contributed by atoms with Crippen LogP contribution in [0.3, 0.4) is 0 Å². The van der Waals surface area contributed by atoms with Crippen molar-refractivity contribution in [2.45, 2.75) is 33.8 Å². The van der Waals surface area contributed by atoms with Crippen molar-refractivity contribution in [3.05, 3.63) is 35.1 Å². The second-order valence-electron chi connectivity index (χ2n) is 2.91. The van der Waals surface area contributed by atoms with Gasteiger partial charge in [-0.2, -0.15) is 0 Å². The molecular formula is C12H19FOS. The molecule has 1 unspecified atom stereocenters. The molecule has 0 aliphatic carbocycles. The Kier molecular flexibility index (Phi) is 7.44. The van der Waals surface area contributed by atoms with E-state index in [4.69, 9.17) is 4.18 Å². The van der Waals surface area contributed by atoms with Gasteiger partial charge in [0.1, 0.15) is 5.82 Å². The summed E-state index contributed by atoms with van der Waals surface area (Å²) in [5.41, 5.74) is 1.97. The summed E-state index contributed by atoms with van der Waals surface area (Å²) in [5.74, 6) is -0.211. The van der Waals surface area contributed by atoms with E-state index < -0.39 is 0 Å². The van der Waals surface area contributed by atoms with Gasteiger partial charge in [-0.05, 0) is 49.1 Å². The van der Waals surface area contributed by atoms with Crippen LogP contribution < -0.4 is 0 Å². The Bertz CT molecular complexity index is 289. The van der Waals surface area contributed by atoms with Gasteiger partial charge in [-0.3, -0.25) is 0 Å². The lowest BCUT2D eigenvalue weighted by Crippen LogP contribution is -1.98. The summed E-state index contributed by atoms with van der Waals surface area (Å²) < 4.78 is 18.2. The Morgan fingerprint density at radius 1 is 1.33 bits per heavy atom. The fourth-order valence-corrected chi connectivity index (χ4v) is 1.64. The predicted molar refractivity (Wildman–Crippen MR) is 65.5 cm³/mol. The van der Waals surface area contributed by atoms with Crippen LogP contribution in [0.2, 0.25) is 0 Å². The highest BCUT2D eigenvalue weighted by molar-refractivity contribution is 7.93. The van der Waals surface area contributed by atoms with Gasteiger partial charge in [0, 0.05) is 6.26 Å². The average molecular weight is 230 g/mol. The Hall–Kier alpha value is -0.540. The number of hydrogen-bond donors (Lipinski definition) is 0. The van der Waals surface area contributed by atoms with E-state index in [1.54, 1.807) is 6.07 Å². The Balaban J connectivity index is 0.000000921. The van der Waals surface area contributed by atoms with Crippen LogP contribution in [0.1, 0.15) is 38.0 Å². The van der Waals surface area contributed by atoms with E-state index in [1.165, 1.54) is 24.2 Å². The maximum absolute atomic E-state index is 12.9. The third-order valence-corrected chi connectivity index (χ3v) is 2.40. The minimum atomic E-state index is -0.211. The van der Waals surface area contributed by atoms with Crippen molar-refractivity contribution in [2.24, 2.45) is 0 Å². The molecule has 1 rings (SSSR count). The number of halogens is 1. The fraction of sp³-hybridized carbons (Fsp3) is 0.500. The molecule has 0 spiro atoms. The van der Waals surface area contributed by atoms with E-state index in [0.29, 0.717) is 0 Å². The summed E-state index contributed by atoms with van der Waals surface area (Å²) in [4.78, 5) is 0. The van der Waals surface area contributed by atoms with Gasteiger partial charge in [-0.25, -0.2) is 4.39 Å². The summed E-state index contributed by atoms with van der Waals surface area (Å²) in [7, 11) is 0. The lowest BCUT2D eigenvalue weighted by Gasteiger charge is -2.13. The molecule has 0 N–H and O–H groups in total. The van der Waals surface area contributed by atoms with Gasteiger partial charge in [0.25, 0.3) is 0 Å². The standard InChI is InChI=1S/C10H13FOS.C2H6/c1-7-4-5-9(11)6-10(7)8(2)12-13-3;1-2/h4-6,8H,1-3H3;1-2H3. The molecule has 1 aromatic rings. The van der Waals surface area contributed by atoms with Crippen LogP contribution in [0.5, 0.6) is 0 Å². The first-order valence-corrected chi connectivity index (χ1v) is 6.25. The predicted octanol–water partition coefficient (Wildman–Crippen LogP) is 4.52. The van der Waals surface area contributed by atoms with E-state index in [1.807, 2.05) is 34.0 Å². The van der Waals surface area contributed by atoms with Gasteiger partial charge in [0.15, 0.2) is 0 Å². The minimum absolute atomic E-state index is 0.0642. The average Bonchev–Trinajstić information content (AvgIpc) is 2.25. The van der Waals surface area contributed by atoms with Crippen molar-refractivity contribution >= 4 is 12.0 Å². The Labute approximate surface area is 96.2 Å². The number of rotatable bonds is 3. The van der Waals surface area contributed by atoms with Crippen LogP contribution in [-0.4, -0.2) is 6.26 Å². The van der Waals surface area contributed by atoms with Crippen molar-refractivity contribution < 1.29 is 8.57 Å². The summed E-state index contributed by atoms with van der Waals surface area (Å²) in [5, 5.41) is 0. The normalized spacial score (nSPS) is 11.6. The number of hydrogen-bond acceptors (Lipinski definition) is 2. The maximum atomic E-state index is 12.9. The van der Waals surface area contributed by atoms with Crippen molar-refractivity contribution in [2.75, 3.05) is 6.26 Å². The largest absolute Gasteiger partial charge is 0.308 e. The first-order valence-electron chi connectivity index (χ1n) is 5.10. The molecule has 86 valence electrons. The molecule has 3 heteroatoms. The lowest BCUT2D eigenvalue weighted by molar-refractivity contribution is 0.272. The molecule has 0 bridgehead atoms. The molecule has 0 aromatic heterocycles. The first-order chi connectivity index (χ1) is 7.15. The van der Waals surface area contributed by atoms with Crippen molar-refractivity contribution in [3.8, 4) is 0 Å². The zero-order valence-electron chi connectivity index (χ0n) is 10.0. The smallest absolute Gasteiger partial charge is 0.123 e. The minimum Gasteiger partial charge on any atom is -0.308 e. The molecular weight excluding hydrogens is 211 g/mol. The van der Waals surface area contributed by atoms with Crippen molar-refractivity contribution in [3.63, 3.8) is 0 Å². The summed E-state index contributed by atoms with van der Waals surface area (Å²) in [6.07, 6.45) is 1.79. The van der Waals surface area contributed by atoms with E-state index in [9.17, 15) is 4.39 Å². The molecule has 1 aromatic carbocycles. The lowest BCUT2D eigenvalue weighted by atomic mass is 10.0.